The fourth-order valence-corrected chi connectivity index (χ4v) is 2.77. The van der Waals surface area contributed by atoms with Crippen LogP contribution < -0.4 is 0 Å². The summed E-state index contributed by atoms with van der Waals surface area (Å²) in [5, 5.41) is 9.20. The van der Waals surface area contributed by atoms with Gasteiger partial charge in [-0.15, -0.1) is 0 Å². The van der Waals surface area contributed by atoms with Crippen LogP contribution in [0.2, 0.25) is 0 Å². The number of rotatable bonds is 3. The van der Waals surface area contributed by atoms with Gasteiger partial charge in [0, 0.05) is 26.2 Å². The molecule has 0 bridgehead atoms. The van der Waals surface area contributed by atoms with Crippen LogP contribution in [-0.2, 0) is 9.59 Å². The van der Waals surface area contributed by atoms with Crippen molar-refractivity contribution in [2.45, 2.75) is 19.8 Å². The number of carbonyl (C=O) groups is 2. The molecule has 2 rings (SSSR count). The SMILES string of the molecule is CN1CCN(C(=O)CN2CCC(C)(C(=O)O)CC2)CC1. The lowest BCUT2D eigenvalue weighted by atomic mass is 9.80. The van der Waals surface area contributed by atoms with Gasteiger partial charge in [-0.1, -0.05) is 0 Å². The number of carboxylic acid groups (broad SMARTS) is 1. The summed E-state index contributed by atoms with van der Waals surface area (Å²) in [6, 6.07) is 0. The van der Waals surface area contributed by atoms with Crippen LogP contribution in [0.4, 0.5) is 0 Å². The third-order valence-corrected chi connectivity index (χ3v) is 4.69. The molecule has 0 aromatic rings. The molecule has 1 amide bonds. The second-order valence-corrected chi connectivity index (χ2v) is 6.33. The largest absolute Gasteiger partial charge is 0.481 e. The van der Waals surface area contributed by atoms with E-state index in [1.54, 1.807) is 6.92 Å². The van der Waals surface area contributed by atoms with Gasteiger partial charge in [0.15, 0.2) is 0 Å². The number of nitrogens with zero attached hydrogens (tertiary/aromatic N) is 3. The van der Waals surface area contributed by atoms with Gasteiger partial charge in [-0.2, -0.15) is 0 Å². The van der Waals surface area contributed by atoms with E-state index in [0.717, 1.165) is 26.2 Å². The molecule has 0 unspecified atom stereocenters. The Balaban J connectivity index is 1.78. The first kappa shape index (κ1) is 15.3. The van der Waals surface area contributed by atoms with E-state index in [1.807, 2.05) is 4.90 Å². The minimum absolute atomic E-state index is 0.178. The highest BCUT2D eigenvalue weighted by atomic mass is 16.4. The van der Waals surface area contributed by atoms with E-state index >= 15 is 0 Å². The Morgan fingerprint density at radius 1 is 1.05 bits per heavy atom. The maximum Gasteiger partial charge on any atom is 0.309 e. The summed E-state index contributed by atoms with van der Waals surface area (Å²) in [7, 11) is 2.07. The van der Waals surface area contributed by atoms with Gasteiger partial charge in [0.05, 0.1) is 12.0 Å². The van der Waals surface area contributed by atoms with Crippen LogP contribution in [0.25, 0.3) is 0 Å². The summed E-state index contributed by atoms with van der Waals surface area (Å²) in [4.78, 5) is 29.6. The Morgan fingerprint density at radius 3 is 2.10 bits per heavy atom. The number of hydrogen-bond acceptors (Lipinski definition) is 4. The monoisotopic (exact) mass is 283 g/mol. The van der Waals surface area contributed by atoms with Gasteiger partial charge in [0.25, 0.3) is 0 Å². The van der Waals surface area contributed by atoms with E-state index < -0.39 is 11.4 Å². The van der Waals surface area contributed by atoms with Crippen molar-refractivity contribution in [2.24, 2.45) is 5.41 Å². The second kappa shape index (κ2) is 6.10. The molecule has 2 aliphatic rings. The Bertz CT molecular complexity index is 370. The van der Waals surface area contributed by atoms with Crippen molar-refractivity contribution in [3.8, 4) is 0 Å². The van der Waals surface area contributed by atoms with Crippen LogP contribution in [0.15, 0.2) is 0 Å². The van der Waals surface area contributed by atoms with E-state index in [2.05, 4.69) is 16.8 Å². The maximum atomic E-state index is 12.2. The first-order valence-electron chi connectivity index (χ1n) is 7.33. The summed E-state index contributed by atoms with van der Waals surface area (Å²) in [6.45, 7) is 7.09. The highest BCUT2D eigenvalue weighted by molar-refractivity contribution is 5.78. The molecular formula is C14H25N3O3. The molecular weight excluding hydrogens is 258 g/mol. The van der Waals surface area contributed by atoms with E-state index in [-0.39, 0.29) is 5.91 Å². The Hall–Kier alpha value is -1.14. The summed E-state index contributed by atoms with van der Waals surface area (Å²) in [5.41, 5.74) is -0.618. The van der Waals surface area contributed by atoms with Crippen molar-refractivity contribution in [2.75, 3.05) is 52.9 Å². The predicted octanol–water partition coefficient (Wildman–Crippen LogP) is -0.0529. The van der Waals surface area contributed by atoms with Crippen molar-refractivity contribution < 1.29 is 14.7 Å². The van der Waals surface area contributed by atoms with E-state index in [4.69, 9.17) is 0 Å². The lowest BCUT2D eigenvalue weighted by Gasteiger charge is -2.38. The van der Waals surface area contributed by atoms with Gasteiger partial charge < -0.3 is 14.9 Å². The van der Waals surface area contributed by atoms with Gasteiger partial charge in [0.2, 0.25) is 5.91 Å². The molecule has 1 N–H and O–H groups in total. The summed E-state index contributed by atoms with van der Waals surface area (Å²) in [6.07, 6.45) is 1.25. The number of amides is 1. The summed E-state index contributed by atoms with van der Waals surface area (Å²) >= 11 is 0. The zero-order valence-electron chi connectivity index (χ0n) is 12.5. The standard InChI is InChI=1S/C14H25N3O3/c1-14(13(19)20)3-5-16(6-4-14)11-12(18)17-9-7-15(2)8-10-17/h3-11H2,1-2H3,(H,19,20). The fraction of sp³-hybridized carbons (Fsp3) is 0.857. The van der Waals surface area contributed by atoms with Gasteiger partial charge in [-0.05, 0) is 39.9 Å². The van der Waals surface area contributed by atoms with Crippen molar-refractivity contribution in [1.29, 1.82) is 0 Å². The normalized spacial score (nSPS) is 24.6. The smallest absolute Gasteiger partial charge is 0.309 e. The minimum atomic E-state index is -0.720. The van der Waals surface area contributed by atoms with Crippen LogP contribution in [-0.4, -0.2) is 84.5 Å². The molecule has 0 aliphatic carbocycles. The van der Waals surface area contributed by atoms with Crippen molar-refractivity contribution in [3.63, 3.8) is 0 Å². The summed E-state index contributed by atoms with van der Waals surface area (Å²) in [5.74, 6) is -0.542. The molecule has 2 heterocycles. The van der Waals surface area contributed by atoms with Crippen LogP contribution in [0.1, 0.15) is 19.8 Å². The first-order valence-corrected chi connectivity index (χ1v) is 7.33. The number of carbonyl (C=O) groups excluding carboxylic acids is 1. The molecule has 0 aromatic carbocycles. The minimum Gasteiger partial charge on any atom is -0.481 e. The van der Waals surface area contributed by atoms with Crippen molar-refractivity contribution in [1.82, 2.24) is 14.7 Å². The average Bonchev–Trinajstić information content (AvgIpc) is 2.42. The number of likely N-dealkylation sites (N-methyl/N-ethyl adjacent to an activating group) is 1. The molecule has 0 aromatic heterocycles. The lowest BCUT2D eigenvalue weighted by molar-refractivity contribution is -0.151. The van der Waals surface area contributed by atoms with Gasteiger partial charge >= 0.3 is 5.97 Å². The van der Waals surface area contributed by atoms with Crippen LogP contribution >= 0.6 is 0 Å². The van der Waals surface area contributed by atoms with Gasteiger partial charge in [-0.3, -0.25) is 14.5 Å². The molecule has 6 heteroatoms. The molecule has 0 atom stereocenters. The van der Waals surface area contributed by atoms with E-state index in [1.165, 1.54) is 0 Å². The number of aliphatic carboxylic acids is 1. The zero-order chi connectivity index (χ0) is 14.8. The molecule has 2 fully saturated rings. The highest BCUT2D eigenvalue weighted by Crippen LogP contribution is 2.30. The molecule has 6 nitrogen and oxygen atoms in total. The molecule has 0 radical (unpaired) electrons. The lowest BCUT2D eigenvalue weighted by Crippen LogP contribution is -2.51. The fourth-order valence-electron chi connectivity index (χ4n) is 2.77. The van der Waals surface area contributed by atoms with E-state index in [9.17, 15) is 14.7 Å². The molecule has 114 valence electrons. The number of hydrogen-bond donors (Lipinski definition) is 1. The number of piperazine rings is 1. The van der Waals surface area contributed by atoms with Crippen LogP contribution in [0.5, 0.6) is 0 Å². The molecule has 20 heavy (non-hydrogen) atoms. The quantitative estimate of drug-likeness (QED) is 0.786. The maximum absolute atomic E-state index is 12.2. The second-order valence-electron chi connectivity index (χ2n) is 6.33. The van der Waals surface area contributed by atoms with Crippen LogP contribution in [0.3, 0.4) is 0 Å². The van der Waals surface area contributed by atoms with Crippen molar-refractivity contribution in [3.05, 3.63) is 0 Å². The third-order valence-electron chi connectivity index (χ3n) is 4.69. The predicted molar refractivity (Wildman–Crippen MR) is 75.5 cm³/mol. The molecule has 0 saturated carbocycles. The average molecular weight is 283 g/mol. The Labute approximate surface area is 120 Å². The van der Waals surface area contributed by atoms with E-state index in [0.29, 0.717) is 32.5 Å². The molecule has 2 aliphatic heterocycles. The van der Waals surface area contributed by atoms with Gasteiger partial charge in [-0.25, -0.2) is 0 Å². The Morgan fingerprint density at radius 2 is 1.60 bits per heavy atom. The highest BCUT2D eigenvalue weighted by Gasteiger charge is 2.37. The van der Waals surface area contributed by atoms with Crippen LogP contribution in [0, 0.1) is 5.41 Å². The molecule has 0 spiro atoms. The van der Waals surface area contributed by atoms with Gasteiger partial charge in [0.1, 0.15) is 0 Å². The number of piperidine rings is 1. The third kappa shape index (κ3) is 3.49. The Kier molecular flexibility index (Phi) is 4.65. The summed E-state index contributed by atoms with van der Waals surface area (Å²) < 4.78 is 0. The zero-order valence-corrected chi connectivity index (χ0v) is 12.5. The number of likely N-dealkylation sites (tertiary alicyclic amines) is 1. The topological polar surface area (TPSA) is 64.1 Å². The molecule has 2 saturated heterocycles. The number of carboxylic acids is 1. The first-order chi connectivity index (χ1) is 9.40. The van der Waals surface area contributed by atoms with Crippen molar-refractivity contribution >= 4 is 11.9 Å².